The summed E-state index contributed by atoms with van der Waals surface area (Å²) >= 11 is 0. The van der Waals surface area contributed by atoms with Gasteiger partial charge in [-0.2, -0.15) is 0 Å². The Labute approximate surface area is 218 Å². The van der Waals surface area contributed by atoms with Gasteiger partial charge in [-0.25, -0.2) is 4.79 Å². The molecule has 2 aliphatic heterocycles. The first-order valence-corrected chi connectivity index (χ1v) is 13.4. The van der Waals surface area contributed by atoms with Crippen LogP contribution >= 0.6 is 0 Å². The molecule has 2 fully saturated rings. The fraction of sp³-hybridized carbons (Fsp3) is 0.276. The van der Waals surface area contributed by atoms with E-state index >= 15 is 0 Å². The van der Waals surface area contributed by atoms with E-state index in [1.165, 1.54) is 4.90 Å². The average molecular weight is 517 g/mol. The summed E-state index contributed by atoms with van der Waals surface area (Å²) < 4.78 is 18.5. The third-order valence-corrected chi connectivity index (χ3v) is 9.14. The first-order valence-electron chi connectivity index (χ1n) is 12.2. The highest BCUT2D eigenvalue weighted by molar-refractivity contribution is 7.87. The van der Waals surface area contributed by atoms with E-state index in [2.05, 4.69) is 5.32 Å². The molecular formula is C29H28N2O5S. The fourth-order valence-electron chi connectivity index (χ4n) is 5.04. The molecule has 7 nitrogen and oxygen atoms in total. The molecule has 3 aromatic rings. The predicted octanol–water partition coefficient (Wildman–Crippen LogP) is 3.12. The van der Waals surface area contributed by atoms with Crippen LogP contribution in [0.4, 0.5) is 0 Å². The number of rotatable bonds is 7. The van der Waals surface area contributed by atoms with Crippen molar-refractivity contribution in [1.82, 2.24) is 10.2 Å². The van der Waals surface area contributed by atoms with Gasteiger partial charge in [0.25, 0.3) is 0 Å². The number of esters is 1. The normalized spacial score (nSPS) is 23.8. The van der Waals surface area contributed by atoms with Crippen LogP contribution in [0.2, 0.25) is 0 Å². The van der Waals surface area contributed by atoms with Crippen LogP contribution in [0.5, 0.6) is 0 Å². The standard InChI is InChI=1S/C29H28N2O5S/c1-29(2)25(28(34)36-24(20-14-8-4-9-15-20)21-16-10-5-11-17-21)31-26(33)23(27(31)37(29)35)30-22(32)18-19-12-6-3-7-13-19/h3-17,23-25,27H,18H2,1-2H3,(H,30,32)/t23-,25+,27-,37?/m1/s1. The lowest BCUT2D eigenvalue weighted by Crippen LogP contribution is -2.71. The Morgan fingerprint density at radius 3 is 1.97 bits per heavy atom. The highest BCUT2D eigenvalue weighted by Gasteiger charge is 2.68. The number of carbonyl (C=O) groups is 3. The monoisotopic (exact) mass is 516 g/mol. The highest BCUT2D eigenvalue weighted by atomic mass is 32.2. The van der Waals surface area contributed by atoms with Gasteiger partial charge in [-0.1, -0.05) is 91.0 Å². The first kappa shape index (κ1) is 24.9. The Balaban J connectivity index is 1.35. The molecule has 0 bridgehead atoms. The molecule has 37 heavy (non-hydrogen) atoms. The number of nitrogens with one attached hydrogen (secondary N) is 1. The van der Waals surface area contributed by atoms with Crippen molar-refractivity contribution in [3.8, 4) is 0 Å². The van der Waals surface area contributed by atoms with Crippen molar-refractivity contribution in [2.45, 2.75) is 48.6 Å². The molecule has 2 saturated heterocycles. The Hall–Kier alpha value is -3.78. The van der Waals surface area contributed by atoms with E-state index < -0.39 is 51.0 Å². The second-order valence-corrected chi connectivity index (χ2v) is 11.9. The molecule has 0 spiro atoms. The molecular weight excluding hydrogens is 488 g/mol. The van der Waals surface area contributed by atoms with Crippen LogP contribution in [0.1, 0.15) is 36.6 Å². The van der Waals surface area contributed by atoms with Crippen molar-refractivity contribution in [3.63, 3.8) is 0 Å². The van der Waals surface area contributed by atoms with Crippen LogP contribution in [0.15, 0.2) is 91.0 Å². The quantitative estimate of drug-likeness (QED) is 0.385. The summed E-state index contributed by atoms with van der Waals surface area (Å²) in [7, 11) is -1.60. The molecule has 0 radical (unpaired) electrons. The van der Waals surface area contributed by atoms with Gasteiger partial charge in [0.1, 0.15) is 17.5 Å². The maximum atomic E-state index is 13.6. The average Bonchev–Trinajstić information content (AvgIpc) is 3.10. The SMILES string of the molecule is CC1(C)[C@H](C(=O)OC(c2ccccc2)c2ccccc2)N2C(=O)[C@@H](NC(=O)Cc3ccccc3)[C@H]2S1=O. The predicted molar refractivity (Wildman–Crippen MR) is 140 cm³/mol. The molecule has 5 rings (SSSR count). The molecule has 2 amide bonds. The van der Waals surface area contributed by atoms with Crippen molar-refractivity contribution in [2.75, 3.05) is 0 Å². The minimum absolute atomic E-state index is 0.106. The molecule has 3 aromatic carbocycles. The van der Waals surface area contributed by atoms with E-state index in [0.29, 0.717) is 0 Å². The van der Waals surface area contributed by atoms with Gasteiger partial charge in [-0.05, 0) is 30.5 Å². The summed E-state index contributed by atoms with van der Waals surface area (Å²) in [6.07, 6.45) is -0.578. The molecule has 4 atom stereocenters. The maximum absolute atomic E-state index is 13.6. The van der Waals surface area contributed by atoms with Crippen LogP contribution in [0, 0.1) is 0 Å². The fourth-order valence-corrected chi connectivity index (χ4v) is 6.96. The van der Waals surface area contributed by atoms with E-state index in [1.807, 2.05) is 91.0 Å². The number of β-lactam (4-membered cyclic amide) rings is 1. The molecule has 190 valence electrons. The first-order chi connectivity index (χ1) is 17.8. The van der Waals surface area contributed by atoms with Crippen LogP contribution in [0.3, 0.4) is 0 Å². The molecule has 1 unspecified atom stereocenters. The minimum atomic E-state index is -1.60. The van der Waals surface area contributed by atoms with Crippen LogP contribution in [-0.4, -0.2) is 49.1 Å². The van der Waals surface area contributed by atoms with Crippen LogP contribution in [0.25, 0.3) is 0 Å². The molecule has 0 aromatic heterocycles. The second kappa shape index (κ2) is 9.94. The van der Waals surface area contributed by atoms with Crippen LogP contribution < -0.4 is 5.32 Å². The van der Waals surface area contributed by atoms with Gasteiger partial charge in [-0.3, -0.25) is 13.8 Å². The zero-order valence-electron chi connectivity index (χ0n) is 20.6. The number of ether oxygens (including phenoxy) is 1. The zero-order valence-corrected chi connectivity index (χ0v) is 21.4. The molecule has 1 N–H and O–H groups in total. The van der Waals surface area contributed by atoms with Crippen LogP contribution in [-0.2, 0) is 36.3 Å². The lowest BCUT2D eigenvalue weighted by Gasteiger charge is -2.43. The maximum Gasteiger partial charge on any atom is 0.331 e. The summed E-state index contributed by atoms with van der Waals surface area (Å²) in [5.41, 5.74) is 2.39. The Morgan fingerprint density at radius 1 is 0.919 bits per heavy atom. The summed E-state index contributed by atoms with van der Waals surface area (Å²) in [5.74, 6) is -1.39. The minimum Gasteiger partial charge on any atom is -0.451 e. The van der Waals surface area contributed by atoms with Gasteiger partial charge in [0.2, 0.25) is 11.8 Å². The third kappa shape index (κ3) is 4.57. The highest BCUT2D eigenvalue weighted by Crippen LogP contribution is 2.44. The topological polar surface area (TPSA) is 92.8 Å². The van der Waals surface area contributed by atoms with Gasteiger partial charge < -0.3 is 15.0 Å². The Kier molecular flexibility index (Phi) is 6.69. The van der Waals surface area contributed by atoms with E-state index in [9.17, 15) is 18.6 Å². The number of fused-ring (bicyclic) bond motifs is 1. The van der Waals surface area contributed by atoms with E-state index in [1.54, 1.807) is 13.8 Å². The number of benzene rings is 3. The Bertz CT molecular complexity index is 1290. The summed E-state index contributed by atoms with van der Waals surface area (Å²) in [5, 5.41) is 1.95. The van der Waals surface area contributed by atoms with E-state index in [0.717, 1.165) is 16.7 Å². The van der Waals surface area contributed by atoms with Crippen molar-refractivity contribution in [2.24, 2.45) is 0 Å². The molecule has 0 aliphatic carbocycles. The van der Waals surface area contributed by atoms with Crippen molar-refractivity contribution < 1.29 is 23.3 Å². The number of amides is 2. The summed E-state index contributed by atoms with van der Waals surface area (Å²) in [6, 6.07) is 25.9. The van der Waals surface area contributed by atoms with Gasteiger partial charge >= 0.3 is 5.97 Å². The second-order valence-electron chi connectivity index (χ2n) is 9.79. The van der Waals surface area contributed by atoms with Gasteiger partial charge in [0, 0.05) is 0 Å². The Morgan fingerprint density at radius 2 is 1.43 bits per heavy atom. The molecule has 2 heterocycles. The lowest BCUT2D eigenvalue weighted by atomic mass is 9.95. The smallest absolute Gasteiger partial charge is 0.331 e. The molecule has 0 saturated carbocycles. The summed E-state index contributed by atoms with van der Waals surface area (Å²) in [6.45, 7) is 3.40. The van der Waals surface area contributed by atoms with E-state index in [4.69, 9.17) is 4.74 Å². The number of hydrogen-bond acceptors (Lipinski definition) is 5. The number of hydrogen-bond donors (Lipinski definition) is 1. The van der Waals surface area contributed by atoms with Gasteiger partial charge in [0.05, 0.1) is 22.0 Å². The van der Waals surface area contributed by atoms with Gasteiger partial charge in [-0.15, -0.1) is 0 Å². The number of nitrogens with zero attached hydrogens (tertiary/aromatic N) is 1. The summed E-state index contributed by atoms with van der Waals surface area (Å²) in [4.78, 5) is 40.8. The van der Waals surface area contributed by atoms with Gasteiger partial charge in [0.15, 0.2) is 6.10 Å². The molecule has 2 aliphatic rings. The van der Waals surface area contributed by atoms with E-state index in [-0.39, 0.29) is 12.3 Å². The molecule has 8 heteroatoms. The van der Waals surface area contributed by atoms with Crippen molar-refractivity contribution in [1.29, 1.82) is 0 Å². The largest absolute Gasteiger partial charge is 0.451 e. The number of carbonyl (C=O) groups excluding carboxylic acids is 3. The van der Waals surface area contributed by atoms with Crippen molar-refractivity contribution in [3.05, 3.63) is 108 Å². The zero-order chi connectivity index (χ0) is 26.2. The third-order valence-electron chi connectivity index (χ3n) is 6.94. The van der Waals surface area contributed by atoms with Crippen molar-refractivity contribution >= 4 is 28.6 Å². The lowest BCUT2D eigenvalue weighted by molar-refractivity contribution is -0.166.